The zero-order valence-electron chi connectivity index (χ0n) is 14.6. The maximum atomic E-state index is 12.7. The molecule has 0 aliphatic carbocycles. The third kappa shape index (κ3) is 4.12. The van der Waals surface area contributed by atoms with E-state index < -0.39 is 11.8 Å². The van der Waals surface area contributed by atoms with Crippen LogP contribution in [-0.4, -0.2) is 35.4 Å². The zero-order valence-corrected chi connectivity index (χ0v) is 16.2. The van der Waals surface area contributed by atoms with Crippen molar-refractivity contribution in [2.24, 2.45) is 0 Å². The van der Waals surface area contributed by atoms with Crippen molar-refractivity contribution in [3.8, 4) is 11.5 Å². The van der Waals surface area contributed by atoms with Gasteiger partial charge < -0.3 is 9.47 Å². The molecule has 0 spiro atoms. The van der Waals surface area contributed by atoms with Crippen molar-refractivity contribution >= 4 is 46.2 Å². The Bertz CT molecular complexity index is 929. The van der Waals surface area contributed by atoms with Crippen molar-refractivity contribution in [1.82, 2.24) is 10.4 Å². The normalized spacial score (nSPS) is 15.2. The van der Waals surface area contributed by atoms with E-state index in [-0.39, 0.29) is 4.32 Å². The second-order valence-corrected chi connectivity index (χ2v) is 7.11. The van der Waals surface area contributed by atoms with Crippen LogP contribution in [0.5, 0.6) is 11.5 Å². The lowest BCUT2D eigenvalue weighted by Gasteiger charge is -2.15. The van der Waals surface area contributed by atoms with Crippen molar-refractivity contribution in [3.05, 3.63) is 64.6 Å². The average Bonchev–Trinajstić information content (AvgIpc) is 2.95. The molecule has 0 unspecified atom stereocenters. The van der Waals surface area contributed by atoms with Gasteiger partial charge in [0.15, 0.2) is 4.32 Å². The molecule has 1 heterocycles. The number of ether oxygens (including phenoxy) is 2. The molecule has 2 aromatic carbocycles. The van der Waals surface area contributed by atoms with Gasteiger partial charge in [0.2, 0.25) is 0 Å². The second kappa shape index (κ2) is 8.24. The monoisotopic (exact) mass is 400 g/mol. The standard InChI is InChI=1S/C19H16N2O4S2/c1-24-14-8-9-15(25-2)13(10-14)11-16-18(23)21(19(26)27-16)20-17(22)12-6-4-3-5-7-12/h3-11H,1-2H3,(H,20,22). The quantitative estimate of drug-likeness (QED) is 0.614. The first kappa shape index (κ1) is 18.9. The fourth-order valence-electron chi connectivity index (χ4n) is 2.41. The summed E-state index contributed by atoms with van der Waals surface area (Å²) >= 11 is 6.35. The zero-order chi connectivity index (χ0) is 19.4. The van der Waals surface area contributed by atoms with Crippen LogP contribution in [0.1, 0.15) is 15.9 Å². The number of nitrogens with one attached hydrogen (secondary N) is 1. The number of carbonyl (C=O) groups excluding carboxylic acids is 2. The van der Waals surface area contributed by atoms with E-state index in [2.05, 4.69) is 5.43 Å². The van der Waals surface area contributed by atoms with Crippen molar-refractivity contribution in [2.75, 3.05) is 14.2 Å². The Labute approximate surface area is 166 Å². The molecular formula is C19H16N2O4S2. The molecule has 2 amide bonds. The molecule has 6 nitrogen and oxygen atoms in total. The molecule has 1 fully saturated rings. The van der Waals surface area contributed by atoms with Gasteiger partial charge in [0.05, 0.1) is 19.1 Å². The van der Waals surface area contributed by atoms with E-state index in [1.54, 1.807) is 68.8 Å². The van der Waals surface area contributed by atoms with Gasteiger partial charge in [0.1, 0.15) is 11.5 Å². The summed E-state index contributed by atoms with van der Waals surface area (Å²) in [5.41, 5.74) is 3.66. The SMILES string of the molecule is COc1ccc(OC)c(C=C2SC(=S)N(NC(=O)c3ccccc3)C2=O)c1. The maximum Gasteiger partial charge on any atom is 0.285 e. The second-order valence-electron chi connectivity index (χ2n) is 5.43. The van der Waals surface area contributed by atoms with Gasteiger partial charge in [-0.25, -0.2) is 0 Å². The number of hydrogen-bond donors (Lipinski definition) is 1. The number of nitrogens with zero attached hydrogens (tertiary/aromatic N) is 1. The highest BCUT2D eigenvalue weighted by Crippen LogP contribution is 2.34. The lowest BCUT2D eigenvalue weighted by Crippen LogP contribution is -2.44. The third-order valence-corrected chi connectivity index (χ3v) is 5.07. The minimum atomic E-state index is -0.410. The van der Waals surface area contributed by atoms with Gasteiger partial charge in [-0.15, -0.1) is 0 Å². The summed E-state index contributed by atoms with van der Waals surface area (Å²) in [7, 11) is 3.11. The summed E-state index contributed by atoms with van der Waals surface area (Å²) < 4.78 is 10.8. The fraction of sp³-hybridized carbons (Fsp3) is 0.105. The largest absolute Gasteiger partial charge is 0.497 e. The van der Waals surface area contributed by atoms with E-state index in [0.29, 0.717) is 27.5 Å². The summed E-state index contributed by atoms with van der Waals surface area (Å²) in [6.45, 7) is 0. The number of carbonyl (C=O) groups is 2. The van der Waals surface area contributed by atoms with Crippen LogP contribution in [0.4, 0.5) is 0 Å². The Morgan fingerprint density at radius 2 is 1.89 bits per heavy atom. The van der Waals surface area contributed by atoms with Crippen LogP contribution in [0.3, 0.4) is 0 Å². The smallest absolute Gasteiger partial charge is 0.285 e. The molecule has 138 valence electrons. The van der Waals surface area contributed by atoms with E-state index in [4.69, 9.17) is 21.7 Å². The van der Waals surface area contributed by atoms with E-state index in [0.717, 1.165) is 16.8 Å². The van der Waals surface area contributed by atoms with Gasteiger partial charge in [0, 0.05) is 11.1 Å². The highest BCUT2D eigenvalue weighted by molar-refractivity contribution is 8.26. The predicted octanol–water partition coefficient (Wildman–Crippen LogP) is 3.25. The molecule has 0 aromatic heterocycles. The topological polar surface area (TPSA) is 67.9 Å². The van der Waals surface area contributed by atoms with Crippen molar-refractivity contribution in [2.45, 2.75) is 0 Å². The Morgan fingerprint density at radius 1 is 1.15 bits per heavy atom. The molecule has 3 rings (SSSR count). The molecule has 0 bridgehead atoms. The lowest BCUT2D eigenvalue weighted by molar-refractivity contribution is -0.123. The van der Waals surface area contributed by atoms with Crippen LogP contribution in [0.2, 0.25) is 0 Å². The Hall–Kier alpha value is -2.84. The first-order valence-electron chi connectivity index (χ1n) is 7.89. The van der Waals surface area contributed by atoms with Gasteiger partial charge in [-0.2, -0.15) is 5.01 Å². The van der Waals surface area contributed by atoms with E-state index >= 15 is 0 Å². The Balaban J connectivity index is 1.84. The van der Waals surface area contributed by atoms with E-state index in [1.807, 2.05) is 0 Å². The van der Waals surface area contributed by atoms with Gasteiger partial charge in [0.25, 0.3) is 11.8 Å². The van der Waals surface area contributed by atoms with Crippen molar-refractivity contribution in [3.63, 3.8) is 0 Å². The van der Waals surface area contributed by atoms with E-state index in [1.165, 1.54) is 0 Å². The number of rotatable bonds is 5. The highest BCUT2D eigenvalue weighted by atomic mass is 32.2. The Morgan fingerprint density at radius 3 is 2.56 bits per heavy atom. The summed E-state index contributed by atoms with van der Waals surface area (Å²) in [6, 6.07) is 13.9. The van der Waals surface area contributed by atoms with Gasteiger partial charge >= 0.3 is 0 Å². The van der Waals surface area contributed by atoms with Crippen LogP contribution >= 0.6 is 24.0 Å². The molecule has 1 aliphatic heterocycles. The molecule has 2 aromatic rings. The first-order valence-corrected chi connectivity index (χ1v) is 9.12. The molecular weight excluding hydrogens is 384 g/mol. The summed E-state index contributed by atoms with van der Waals surface area (Å²) in [4.78, 5) is 25.4. The summed E-state index contributed by atoms with van der Waals surface area (Å²) in [6.07, 6.45) is 1.66. The molecule has 1 saturated heterocycles. The number of thioether (sulfide) groups is 1. The lowest BCUT2D eigenvalue weighted by atomic mass is 10.1. The molecule has 0 atom stereocenters. The fourth-order valence-corrected chi connectivity index (χ4v) is 3.58. The first-order chi connectivity index (χ1) is 13.0. The number of benzene rings is 2. The minimum Gasteiger partial charge on any atom is -0.497 e. The van der Waals surface area contributed by atoms with Crippen LogP contribution in [0, 0.1) is 0 Å². The molecule has 27 heavy (non-hydrogen) atoms. The number of methoxy groups -OCH3 is 2. The van der Waals surface area contributed by atoms with Gasteiger partial charge in [-0.3, -0.25) is 15.0 Å². The number of amides is 2. The van der Waals surface area contributed by atoms with Gasteiger partial charge in [-0.1, -0.05) is 30.0 Å². The van der Waals surface area contributed by atoms with Gasteiger partial charge in [-0.05, 0) is 48.6 Å². The predicted molar refractivity (Wildman–Crippen MR) is 108 cm³/mol. The molecule has 0 radical (unpaired) electrons. The molecule has 1 aliphatic rings. The van der Waals surface area contributed by atoms with Crippen LogP contribution in [0.25, 0.3) is 6.08 Å². The number of hydrogen-bond acceptors (Lipinski definition) is 6. The van der Waals surface area contributed by atoms with Crippen molar-refractivity contribution < 1.29 is 19.1 Å². The number of thiocarbonyl (C=S) groups is 1. The highest BCUT2D eigenvalue weighted by Gasteiger charge is 2.34. The van der Waals surface area contributed by atoms with Crippen LogP contribution < -0.4 is 14.9 Å². The summed E-state index contributed by atoms with van der Waals surface area (Å²) in [5.74, 6) is 0.413. The maximum absolute atomic E-state index is 12.7. The number of hydrazine groups is 1. The third-order valence-electron chi connectivity index (χ3n) is 3.77. The average molecular weight is 400 g/mol. The van der Waals surface area contributed by atoms with Crippen LogP contribution in [-0.2, 0) is 4.79 Å². The molecule has 0 saturated carbocycles. The van der Waals surface area contributed by atoms with Crippen molar-refractivity contribution in [1.29, 1.82) is 0 Å². The summed E-state index contributed by atoms with van der Waals surface area (Å²) in [5, 5.41) is 1.08. The molecule has 8 heteroatoms. The van der Waals surface area contributed by atoms with E-state index in [9.17, 15) is 9.59 Å². The minimum absolute atomic E-state index is 0.248. The van der Waals surface area contributed by atoms with Crippen LogP contribution in [0.15, 0.2) is 53.4 Å². The Kier molecular flexibility index (Phi) is 5.78. The molecule has 1 N–H and O–H groups in total.